The van der Waals surface area contributed by atoms with Crippen LogP contribution in [-0.4, -0.2) is 31.3 Å². The van der Waals surface area contributed by atoms with Crippen LogP contribution >= 0.6 is 0 Å². The van der Waals surface area contributed by atoms with Gasteiger partial charge in [0.1, 0.15) is 0 Å². The lowest BCUT2D eigenvalue weighted by molar-refractivity contribution is 0.0887. The van der Waals surface area contributed by atoms with Gasteiger partial charge in [0.25, 0.3) is 0 Å². The van der Waals surface area contributed by atoms with Crippen LogP contribution in [0.3, 0.4) is 0 Å². The number of ketones is 1. The summed E-state index contributed by atoms with van der Waals surface area (Å²) in [6, 6.07) is 9.79. The molecule has 0 radical (unpaired) electrons. The SMILES string of the molecule is CCCCCCCCCCCC[C@@H](CN(C)C)C(=O)c1ccccc1. The van der Waals surface area contributed by atoms with Crippen LogP contribution in [0.15, 0.2) is 30.3 Å². The molecule has 0 unspecified atom stereocenters. The number of unbranched alkanes of at least 4 members (excludes halogenated alkanes) is 9. The maximum absolute atomic E-state index is 12.7. The monoisotopic (exact) mass is 345 g/mol. The van der Waals surface area contributed by atoms with Gasteiger partial charge >= 0.3 is 0 Å². The highest BCUT2D eigenvalue weighted by Crippen LogP contribution is 2.18. The molecular weight excluding hydrogens is 306 g/mol. The van der Waals surface area contributed by atoms with Crippen LogP contribution in [0.4, 0.5) is 0 Å². The van der Waals surface area contributed by atoms with Crippen LogP contribution in [0, 0.1) is 5.92 Å². The molecule has 0 saturated heterocycles. The lowest BCUT2D eigenvalue weighted by Gasteiger charge is -2.20. The Morgan fingerprint density at radius 3 is 1.88 bits per heavy atom. The molecule has 0 heterocycles. The molecule has 2 heteroatoms. The molecule has 142 valence electrons. The van der Waals surface area contributed by atoms with E-state index in [-0.39, 0.29) is 5.92 Å². The molecule has 1 rings (SSSR count). The van der Waals surface area contributed by atoms with E-state index < -0.39 is 0 Å². The Labute approximate surface area is 156 Å². The molecule has 25 heavy (non-hydrogen) atoms. The van der Waals surface area contributed by atoms with Crippen molar-refractivity contribution < 1.29 is 4.79 Å². The van der Waals surface area contributed by atoms with E-state index in [0.29, 0.717) is 5.78 Å². The molecule has 0 fully saturated rings. The Morgan fingerprint density at radius 2 is 1.36 bits per heavy atom. The third-order valence-electron chi connectivity index (χ3n) is 4.92. The molecule has 0 spiro atoms. The summed E-state index contributed by atoms with van der Waals surface area (Å²) in [5.41, 5.74) is 0.862. The lowest BCUT2D eigenvalue weighted by atomic mass is 9.91. The van der Waals surface area contributed by atoms with E-state index in [0.717, 1.165) is 18.5 Å². The Morgan fingerprint density at radius 1 is 0.840 bits per heavy atom. The molecular formula is C23H39NO. The minimum atomic E-state index is 0.131. The van der Waals surface area contributed by atoms with E-state index in [4.69, 9.17) is 0 Å². The second kappa shape index (κ2) is 14.1. The summed E-state index contributed by atoms with van der Waals surface area (Å²) in [4.78, 5) is 14.9. The van der Waals surface area contributed by atoms with Crippen molar-refractivity contribution in [1.29, 1.82) is 0 Å². The van der Waals surface area contributed by atoms with Gasteiger partial charge in [0.05, 0.1) is 0 Å². The van der Waals surface area contributed by atoms with Crippen molar-refractivity contribution in [3.8, 4) is 0 Å². The third kappa shape index (κ3) is 10.4. The summed E-state index contributed by atoms with van der Waals surface area (Å²) in [6.07, 6.45) is 14.5. The van der Waals surface area contributed by atoms with E-state index in [2.05, 4.69) is 25.9 Å². The molecule has 1 atom stereocenters. The molecule has 1 aromatic rings. The Hall–Kier alpha value is -1.15. The minimum Gasteiger partial charge on any atom is -0.309 e. The Bertz CT molecular complexity index is 441. The molecule has 0 N–H and O–H groups in total. The molecule has 2 nitrogen and oxygen atoms in total. The Kier molecular flexibility index (Phi) is 12.3. The first kappa shape index (κ1) is 21.9. The molecule has 0 aliphatic carbocycles. The summed E-state index contributed by atoms with van der Waals surface area (Å²) in [6.45, 7) is 3.12. The van der Waals surface area contributed by atoms with Gasteiger partial charge < -0.3 is 4.90 Å². The fraction of sp³-hybridized carbons (Fsp3) is 0.696. The third-order valence-corrected chi connectivity index (χ3v) is 4.92. The zero-order valence-electron chi connectivity index (χ0n) is 16.8. The normalized spacial score (nSPS) is 12.5. The van der Waals surface area contributed by atoms with Crippen LogP contribution in [0.1, 0.15) is 87.9 Å². The van der Waals surface area contributed by atoms with Gasteiger partial charge in [-0.2, -0.15) is 0 Å². The van der Waals surface area contributed by atoms with Crippen molar-refractivity contribution in [3.63, 3.8) is 0 Å². The fourth-order valence-corrected chi connectivity index (χ4v) is 3.46. The number of hydrogen-bond donors (Lipinski definition) is 0. The number of Topliss-reactive ketones (excluding diaryl/α,β-unsaturated/α-hetero) is 1. The van der Waals surface area contributed by atoms with Crippen molar-refractivity contribution in [3.05, 3.63) is 35.9 Å². The maximum Gasteiger partial charge on any atom is 0.167 e. The van der Waals surface area contributed by atoms with Crippen LogP contribution in [0.2, 0.25) is 0 Å². The van der Waals surface area contributed by atoms with Gasteiger partial charge in [-0.25, -0.2) is 0 Å². The fourth-order valence-electron chi connectivity index (χ4n) is 3.46. The number of hydrogen-bond acceptors (Lipinski definition) is 2. The molecule has 0 aliphatic heterocycles. The van der Waals surface area contributed by atoms with Crippen LogP contribution in [-0.2, 0) is 0 Å². The second-order valence-corrected chi connectivity index (χ2v) is 7.66. The number of benzene rings is 1. The van der Waals surface area contributed by atoms with Gasteiger partial charge in [0.15, 0.2) is 5.78 Å². The topological polar surface area (TPSA) is 20.3 Å². The van der Waals surface area contributed by atoms with Crippen molar-refractivity contribution in [2.45, 2.75) is 77.6 Å². The molecule has 0 aliphatic rings. The van der Waals surface area contributed by atoms with E-state index in [1.54, 1.807) is 0 Å². The van der Waals surface area contributed by atoms with Crippen LogP contribution < -0.4 is 0 Å². The highest BCUT2D eigenvalue weighted by Gasteiger charge is 2.20. The lowest BCUT2D eigenvalue weighted by Crippen LogP contribution is -2.28. The molecule has 1 aromatic carbocycles. The first-order chi connectivity index (χ1) is 12.1. The predicted octanol–water partition coefficient (Wildman–Crippen LogP) is 6.36. The molecule has 0 bridgehead atoms. The quantitative estimate of drug-likeness (QED) is 0.272. The number of carbonyl (C=O) groups is 1. The minimum absolute atomic E-state index is 0.131. The van der Waals surface area contributed by atoms with E-state index >= 15 is 0 Å². The summed E-state index contributed by atoms with van der Waals surface area (Å²) in [5.74, 6) is 0.441. The summed E-state index contributed by atoms with van der Waals surface area (Å²) in [5, 5.41) is 0. The highest BCUT2D eigenvalue weighted by molar-refractivity contribution is 5.97. The van der Waals surface area contributed by atoms with Crippen molar-refractivity contribution >= 4 is 5.78 Å². The van der Waals surface area contributed by atoms with E-state index in [9.17, 15) is 4.79 Å². The summed E-state index contributed by atoms with van der Waals surface area (Å²) in [7, 11) is 4.12. The standard InChI is InChI=1S/C23H39NO/c1-4-5-6-7-8-9-10-11-12-14-19-22(20-24(2)3)23(25)21-17-15-13-16-18-21/h13,15-18,22H,4-12,14,19-20H2,1-3H3/t22-/m0/s1. The largest absolute Gasteiger partial charge is 0.309 e. The summed E-state index contributed by atoms with van der Waals surface area (Å²) >= 11 is 0. The van der Waals surface area contributed by atoms with Gasteiger partial charge in [0.2, 0.25) is 0 Å². The van der Waals surface area contributed by atoms with E-state index in [1.165, 1.54) is 64.2 Å². The van der Waals surface area contributed by atoms with Gasteiger partial charge in [0, 0.05) is 18.0 Å². The number of carbonyl (C=O) groups excluding carboxylic acids is 1. The predicted molar refractivity (Wildman–Crippen MR) is 109 cm³/mol. The zero-order chi connectivity index (χ0) is 18.3. The van der Waals surface area contributed by atoms with Gasteiger partial charge in [-0.05, 0) is 20.5 Å². The zero-order valence-corrected chi connectivity index (χ0v) is 16.8. The van der Waals surface area contributed by atoms with Crippen LogP contribution in [0.25, 0.3) is 0 Å². The van der Waals surface area contributed by atoms with Crippen molar-refractivity contribution in [2.75, 3.05) is 20.6 Å². The maximum atomic E-state index is 12.7. The summed E-state index contributed by atoms with van der Waals surface area (Å²) < 4.78 is 0. The average molecular weight is 346 g/mol. The molecule has 0 saturated carbocycles. The number of rotatable bonds is 15. The molecule has 0 aromatic heterocycles. The number of nitrogens with zero attached hydrogens (tertiary/aromatic N) is 1. The van der Waals surface area contributed by atoms with E-state index in [1.807, 2.05) is 30.3 Å². The van der Waals surface area contributed by atoms with Gasteiger partial charge in [-0.1, -0.05) is 101 Å². The highest BCUT2D eigenvalue weighted by atomic mass is 16.1. The average Bonchev–Trinajstić information content (AvgIpc) is 2.62. The molecule has 0 amide bonds. The van der Waals surface area contributed by atoms with Crippen LogP contribution in [0.5, 0.6) is 0 Å². The Balaban J connectivity index is 2.22. The van der Waals surface area contributed by atoms with Crippen molar-refractivity contribution in [2.24, 2.45) is 5.92 Å². The first-order valence-electron chi connectivity index (χ1n) is 10.4. The smallest absolute Gasteiger partial charge is 0.167 e. The van der Waals surface area contributed by atoms with Gasteiger partial charge in [-0.15, -0.1) is 0 Å². The van der Waals surface area contributed by atoms with Gasteiger partial charge in [-0.3, -0.25) is 4.79 Å². The van der Waals surface area contributed by atoms with Crippen molar-refractivity contribution in [1.82, 2.24) is 4.90 Å². The first-order valence-corrected chi connectivity index (χ1v) is 10.4. The second-order valence-electron chi connectivity index (χ2n) is 7.66.